The van der Waals surface area contributed by atoms with E-state index in [0.717, 1.165) is 0 Å². The Balaban J connectivity index is 1.84. The number of ether oxygens (including phenoxy) is 1. The van der Waals surface area contributed by atoms with E-state index in [1.54, 1.807) is 12.1 Å². The number of carbonyl (C=O) groups is 1. The number of nitrogens with one attached hydrogen (secondary N) is 1. The number of aromatic carboxylic acids is 1. The molecule has 0 aliphatic rings. The number of aliphatic hydroxyl groups is 1. The zero-order valence-electron chi connectivity index (χ0n) is 11.8. The lowest BCUT2D eigenvalue weighted by Crippen LogP contribution is -2.26. The highest BCUT2D eigenvalue weighted by Gasteiger charge is 2.11. The van der Waals surface area contributed by atoms with Crippen molar-refractivity contribution in [2.75, 3.05) is 18.5 Å². The predicted molar refractivity (Wildman–Crippen MR) is 81.5 cm³/mol. The first-order valence-corrected chi connectivity index (χ1v) is 6.72. The minimum Gasteiger partial charge on any atom is -0.507 e. The van der Waals surface area contributed by atoms with Gasteiger partial charge in [-0.25, -0.2) is 4.79 Å². The number of phenols is 1. The van der Waals surface area contributed by atoms with Gasteiger partial charge in [-0.3, -0.25) is 0 Å². The third-order valence-electron chi connectivity index (χ3n) is 2.95. The molecule has 0 heterocycles. The van der Waals surface area contributed by atoms with Crippen molar-refractivity contribution in [3.8, 4) is 11.5 Å². The Morgan fingerprint density at radius 3 is 2.59 bits per heavy atom. The molecule has 2 aromatic rings. The van der Waals surface area contributed by atoms with E-state index < -0.39 is 12.1 Å². The first kappa shape index (κ1) is 15.7. The van der Waals surface area contributed by atoms with Crippen LogP contribution in [-0.2, 0) is 0 Å². The highest BCUT2D eigenvalue weighted by Crippen LogP contribution is 2.21. The molecule has 0 unspecified atom stereocenters. The van der Waals surface area contributed by atoms with Gasteiger partial charge in [-0.1, -0.05) is 18.2 Å². The van der Waals surface area contributed by atoms with Crippen LogP contribution in [0.2, 0.25) is 0 Å². The van der Waals surface area contributed by atoms with Crippen molar-refractivity contribution >= 4 is 11.7 Å². The number of aromatic hydroxyl groups is 1. The van der Waals surface area contributed by atoms with Crippen LogP contribution in [-0.4, -0.2) is 40.5 Å². The van der Waals surface area contributed by atoms with Crippen molar-refractivity contribution in [1.29, 1.82) is 0 Å². The summed E-state index contributed by atoms with van der Waals surface area (Å²) in [7, 11) is 0. The summed E-state index contributed by atoms with van der Waals surface area (Å²) >= 11 is 0. The van der Waals surface area contributed by atoms with E-state index >= 15 is 0 Å². The molecule has 22 heavy (non-hydrogen) atoms. The lowest BCUT2D eigenvalue weighted by molar-refractivity contribution is 0.0694. The summed E-state index contributed by atoms with van der Waals surface area (Å²) in [6.45, 7) is 0.303. The topological polar surface area (TPSA) is 99.0 Å². The van der Waals surface area contributed by atoms with Gasteiger partial charge in [0, 0.05) is 12.2 Å². The fraction of sp³-hybridized carbons (Fsp3) is 0.188. The fourth-order valence-corrected chi connectivity index (χ4v) is 1.82. The van der Waals surface area contributed by atoms with Crippen LogP contribution in [0.3, 0.4) is 0 Å². The van der Waals surface area contributed by atoms with Gasteiger partial charge in [0.2, 0.25) is 0 Å². The second-order valence-electron chi connectivity index (χ2n) is 4.70. The molecule has 0 aliphatic carbocycles. The number of hydrogen-bond acceptors (Lipinski definition) is 5. The summed E-state index contributed by atoms with van der Waals surface area (Å²) in [5, 5.41) is 31.1. The van der Waals surface area contributed by atoms with Crippen molar-refractivity contribution in [3.05, 3.63) is 54.1 Å². The van der Waals surface area contributed by atoms with Crippen LogP contribution < -0.4 is 10.1 Å². The van der Waals surface area contributed by atoms with E-state index in [-0.39, 0.29) is 24.5 Å². The molecule has 0 amide bonds. The van der Waals surface area contributed by atoms with Gasteiger partial charge in [-0.2, -0.15) is 0 Å². The Bertz CT molecular complexity index is 630. The molecule has 6 nitrogen and oxygen atoms in total. The Morgan fingerprint density at radius 2 is 1.91 bits per heavy atom. The van der Waals surface area contributed by atoms with Crippen LogP contribution in [0.4, 0.5) is 5.69 Å². The van der Waals surface area contributed by atoms with Gasteiger partial charge in [0.1, 0.15) is 29.8 Å². The van der Waals surface area contributed by atoms with E-state index in [2.05, 4.69) is 5.32 Å². The van der Waals surface area contributed by atoms with Crippen LogP contribution in [0.1, 0.15) is 10.4 Å². The molecular weight excluding hydrogens is 286 g/mol. The predicted octanol–water partition coefficient (Wildman–Crippen LogP) is 1.94. The monoisotopic (exact) mass is 303 g/mol. The maximum absolute atomic E-state index is 10.9. The van der Waals surface area contributed by atoms with Crippen molar-refractivity contribution in [3.63, 3.8) is 0 Å². The molecule has 0 aromatic heterocycles. The molecular formula is C16H17NO5. The Kier molecular flexibility index (Phi) is 5.21. The average Bonchev–Trinajstić information content (AvgIpc) is 2.53. The van der Waals surface area contributed by atoms with E-state index in [1.807, 2.05) is 18.2 Å². The Hall–Kier alpha value is -2.73. The number of rotatable bonds is 7. The van der Waals surface area contributed by atoms with Gasteiger partial charge in [-0.15, -0.1) is 0 Å². The molecule has 0 bridgehead atoms. The first-order valence-electron chi connectivity index (χ1n) is 6.72. The van der Waals surface area contributed by atoms with Crippen LogP contribution >= 0.6 is 0 Å². The number of aliphatic hydroxyl groups excluding tert-OH is 1. The van der Waals surface area contributed by atoms with Crippen LogP contribution in [0.5, 0.6) is 11.5 Å². The normalized spacial score (nSPS) is 11.7. The minimum atomic E-state index is -1.21. The molecule has 4 N–H and O–H groups in total. The van der Waals surface area contributed by atoms with E-state index in [4.69, 9.17) is 9.84 Å². The summed E-state index contributed by atoms with van der Waals surface area (Å²) in [6, 6.07) is 13.3. The zero-order chi connectivity index (χ0) is 15.9. The maximum atomic E-state index is 10.9. The molecule has 0 saturated carbocycles. The zero-order valence-corrected chi connectivity index (χ0v) is 11.8. The van der Waals surface area contributed by atoms with Crippen molar-refractivity contribution in [2.24, 2.45) is 0 Å². The van der Waals surface area contributed by atoms with Crippen LogP contribution in [0, 0.1) is 0 Å². The number of anilines is 1. The number of benzene rings is 2. The molecule has 0 fully saturated rings. The molecule has 0 spiro atoms. The van der Waals surface area contributed by atoms with Crippen molar-refractivity contribution in [2.45, 2.75) is 6.10 Å². The maximum Gasteiger partial charge on any atom is 0.339 e. The van der Waals surface area contributed by atoms with Crippen LogP contribution in [0.15, 0.2) is 48.5 Å². The average molecular weight is 303 g/mol. The van der Waals surface area contributed by atoms with Gasteiger partial charge >= 0.3 is 5.97 Å². The summed E-state index contributed by atoms with van der Waals surface area (Å²) < 4.78 is 5.41. The van der Waals surface area contributed by atoms with Crippen molar-refractivity contribution < 1.29 is 24.9 Å². The standard InChI is InChI=1S/C16H17NO5/c18-12(10-22-13-4-2-1-3-5-13)9-17-11-6-7-15(19)14(8-11)16(20)21/h1-8,12,17-19H,9-10H2,(H,20,21)/t12-/m0/s1. The van der Waals surface area contributed by atoms with Gasteiger partial charge in [-0.05, 0) is 30.3 Å². The third-order valence-corrected chi connectivity index (χ3v) is 2.95. The fourth-order valence-electron chi connectivity index (χ4n) is 1.82. The molecule has 1 atom stereocenters. The smallest absolute Gasteiger partial charge is 0.339 e. The molecule has 116 valence electrons. The van der Waals surface area contributed by atoms with Crippen molar-refractivity contribution in [1.82, 2.24) is 0 Å². The highest BCUT2D eigenvalue weighted by molar-refractivity contribution is 5.91. The van der Waals surface area contributed by atoms with Gasteiger partial charge in [0.05, 0.1) is 0 Å². The number of hydrogen-bond donors (Lipinski definition) is 4. The largest absolute Gasteiger partial charge is 0.507 e. The van der Waals surface area contributed by atoms with Gasteiger partial charge in [0.25, 0.3) is 0 Å². The highest BCUT2D eigenvalue weighted by atomic mass is 16.5. The quantitative estimate of drug-likeness (QED) is 0.583. The molecule has 0 saturated heterocycles. The Morgan fingerprint density at radius 1 is 1.18 bits per heavy atom. The second kappa shape index (κ2) is 7.33. The first-order chi connectivity index (χ1) is 10.6. The van der Waals surface area contributed by atoms with E-state index in [0.29, 0.717) is 11.4 Å². The summed E-state index contributed by atoms with van der Waals surface area (Å²) in [5.74, 6) is -0.848. The molecule has 0 radical (unpaired) electrons. The lowest BCUT2D eigenvalue weighted by Gasteiger charge is -2.14. The summed E-state index contributed by atoms with van der Waals surface area (Å²) in [5.41, 5.74) is 0.300. The lowest BCUT2D eigenvalue weighted by atomic mass is 10.1. The molecule has 2 aromatic carbocycles. The number of carboxylic acid groups (broad SMARTS) is 1. The van der Waals surface area contributed by atoms with Crippen LogP contribution in [0.25, 0.3) is 0 Å². The molecule has 2 rings (SSSR count). The summed E-state index contributed by atoms with van der Waals surface area (Å²) in [4.78, 5) is 10.9. The Labute approximate surface area is 127 Å². The number of para-hydroxylation sites is 1. The van der Waals surface area contributed by atoms with E-state index in [1.165, 1.54) is 18.2 Å². The van der Waals surface area contributed by atoms with Gasteiger partial charge < -0.3 is 25.4 Å². The SMILES string of the molecule is O=C(O)c1cc(NC[C@H](O)COc2ccccc2)ccc1O. The number of carboxylic acids is 1. The second-order valence-corrected chi connectivity index (χ2v) is 4.70. The molecule has 6 heteroatoms. The third kappa shape index (κ3) is 4.39. The summed E-state index contributed by atoms with van der Waals surface area (Å²) in [6.07, 6.45) is -0.762. The molecule has 0 aliphatic heterocycles. The van der Waals surface area contributed by atoms with E-state index in [9.17, 15) is 15.0 Å². The minimum absolute atomic E-state index is 0.112. The van der Waals surface area contributed by atoms with Gasteiger partial charge in [0.15, 0.2) is 0 Å².